The normalized spacial score (nSPS) is 17.0. The number of nitrogens with zero attached hydrogens (tertiary/aromatic N) is 2. The van der Waals surface area contributed by atoms with E-state index in [2.05, 4.69) is 5.32 Å². The van der Waals surface area contributed by atoms with Crippen LogP contribution in [0.15, 0.2) is 42.5 Å². The number of anilines is 1. The summed E-state index contributed by atoms with van der Waals surface area (Å²) >= 11 is 0. The van der Waals surface area contributed by atoms with Crippen molar-refractivity contribution in [1.82, 2.24) is 9.21 Å². The average Bonchev–Trinajstić information content (AvgIpc) is 2.55. The molecule has 0 saturated carbocycles. The summed E-state index contributed by atoms with van der Waals surface area (Å²) in [4.78, 5) is 14.3. The summed E-state index contributed by atoms with van der Waals surface area (Å²) in [7, 11) is -3.14. The van der Waals surface area contributed by atoms with Crippen LogP contribution in [0.5, 0.6) is 0 Å². The van der Waals surface area contributed by atoms with Gasteiger partial charge in [-0.05, 0) is 11.5 Å². The number of amides is 1. The number of hydrogen-bond acceptors (Lipinski definition) is 4. The van der Waals surface area contributed by atoms with E-state index < -0.39 is 10.0 Å². The van der Waals surface area contributed by atoms with Crippen LogP contribution < -0.4 is 5.32 Å². The van der Waals surface area contributed by atoms with Crippen LogP contribution in [-0.2, 0) is 14.8 Å². The third-order valence-corrected chi connectivity index (χ3v) is 5.53. The van der Waals surface area contributed by atoms with Gasteiger partial charge in [0.1, 0.15) is 0 Å². The lowest BCUT2D eigenvalue weighted by Gasteiger charge is -2.32. The Morgan fingerprint density at radius 1 is 1.04 bits per heavy atom. The highest BCUT2D eigenvalue weighted by atomic mass is 32.2. The van der Waals surface area contributed by atoms with Crippen LogP contribution in [0.4, 0.5) is 5.69 Å². The van der Waals surface area contributed by atoms with Crippen molar-refractivity contribution in [2.24, 2.45) is 0 Å². The number of carbonyl (C=O) groups excluding carboxylic acids is 1. The van der Waals surface area contributed by atoms with Gasteiger partial charge in [-0.2, -0.15) is 4.31 Å². The molecule has 7 heteroatoms. The number of rotatable bonds is 4. The molecule has 0 radical (unpaired) electrons. The van der Waals surface area contributed by atoms with Crippen molar-refractivity contribution < 1.29 is 13.2 Å². The smallest absolute Gasteiger partial charge is 0.238 e. The zero-order valence-corrected chi connectivity index (χ0v) is 14.4. The van der Waals surface area contributed by atoms with Gasteiger partial charge in [-0.1, -0.05) is 36.4 Å². The van der Waals surface area contributed by atoms with Gasteiger partial charge in [0.15, 0.2) is 0 Å². The van der Waals surface area contributed by atoms with Crippen LogP contribution in [0.2, 0.25) is 0 Å². The van der Waals surface area contributed by atoms with E-state index in [-0.39, 0.29) is 12.5 Å². The molecule has 0 aromatic heterocycles. The van der Waals surface area contributed by atoms with Gasteiger partial charge in [0.05, 0.1) is 12.8 Å². The van der Waals surface area contributed by atoms with E-state index in [0.29, 0.717) is 26.2 Å². The lowest BCUT2D eigenvalue weighted by Crippen LogP contribution is -2.50. The molecule has 1 amide bonds. The summed E-state index contributed by atoms with van der Waals surface area (Å²) in [5.41, 5.74) is 0.799. The number of nitrogens with one attached hydrogen (secondary N) is 1. The minimum atomic E-state index is -3.14. The van der Waals surface area contributed by atoms with E-state index >= 15 is 0 Å². The number of sulfonamides is 1. The first-order valence-corrected chi connectivity index (χ1v) is 9.73. The summed E-state index contributed by atoms with van der Waals surface area (Å²) in [5.74, 6) is -0.0841. The SMILES string of the molecule is CS(=O)(=O)N1CCN(CC(=O)Nc2cccc3ccccc23)CC1. The molecule has 1 fully saturated rings. The highest BCUT2D eigenvalue weighted by molar-refractivity contribution is 7.88. The molecule has 1 aliphatic rings. The van der Waals surface area contributed by atoms with E-state index in [0.717, 1.165) is 16.5 Å². The first-order valence-electron chi connectivity index (χ1n) is 7.88. The van der Waals surface area contributed by atoms with Gasteiger partial charge in [-0.3, -0.25) is 9.69 Å². The van der Waals surface area contributed by atoms with E-state index in [4.69, 9.17) is 0 Å². The molecule has 3 rings (SSSR count). The molecule has 1 N–H and O–H groups in total. The Hall–Kier alpha value is -1.96. The lowest BCUT2D eigenvalue weighted by molar-refractivity contribution is -0.117. The maximum Gasteiger partial charge on any atom is 0.238 e. The predicted molar refractivity (Wildman–Crippen MR) is 95.4 cm³/mol. The molecule has 0 aliphatic carbocycles. The van der Waals surface area contributed by atoms with Crippen molar-refractivity contribution in [3.8, 4) is 0 Å². The first kappa shape index (κ1) is 16.9. The van der Waals surface area contributed by atoms with Crippen molar-refractivity contribution in [3.63, 3.8) is 0 Å². The Labute approximate surface area is 142 Å². The second kappa shape index (κ2) is 6.88. The topological polar surface area (TPSA) is 69.7 Å². The van der Waals surface area contributed by atoms with Gasteiger partial charge in [-0.15, -0.1) is 0 Å². The van der Waals surface area contributed by atoms with Crippen molar-refractivity contribution in [1.29, 1.82) is 0 Å². The highest BCUT2D eigenvalue weighted by Crippen LogP contribution is 2.22. The zero-order valence-electron chi connectivity index (χ0n) is 13.6. The van der Waals surface area contributed by atoms with Crippen molar-refractivity contribution >= 4 is 32.4 Å². The van der Waals surface area contributed by atoms with Crippen LogP contribution in [0, 0.1) is 0 Å². The largest absolute Gasteiger partial charge is 0.324 e. The van der Waals surface area contributed by atoms with Crippen molar-refractivity contribution in [3.05, 3.63) is 42.5 Å². The quantitative estimate of drug-likeness (QED) is 0.907. The average molecular weight is 347 g/mol. The van der Waals surface area contributed by atoms with Gasteiger partial charge >= 0.3 is 0 Å². The van der Waals surface area contributed by atoms with Gasteiger partial charge in [-0.25, -0.2) is 8.42 Å². The number of benzene rings is 2. The minimum Gasteiger partial charge on any atom is -0.324 e. The first-order chi connectivity index (χ1) is 11.4. The summed E-state index contributed by atoms with van der Waals surface area (Å²) in [6.07, 6.45) is 1.22. The minimum absolute atomic E-state index is 0.0841. The predicted octanol–water partition coefficient (Wildman–Crippen LogP) is 1.36. The molecular formula is C17H21N3O3S. The van der Waals surface area contributed by atoms with E-state index in [1.54, 1.807) is 0 Å². The standard InChI is InChI=1S/C17H21N3O3S/c1-24(22,23)20-11-9-19(10-12-20)13-17(21)18-16-8-4-6-14-5-2-3-7-15(14)16/h2-8H,9-13H2,1H3,(H,18,21). The molecule has 0 unspecified atom stereocenters. The maximum atomic E-state index is 12.3. The summed E-state index contributed by atoms with van der Waals surface area (Å²) in [5, 5.41) is 5.05. The third kappa shape index (κ3) is 3.92. The van der Waals surface area contributed by atoms with Crippen LogP contribution in [0.3, 0.4) is 0 Å². The highest BCUT2D eigenvalue weighted by Gasteiger charge is 2.24. The Morgan fingerprint density at radius 2 is 1.71 bits per heavy atom. The van der Waals surface area contributed by atoms with Crippen molar-refractivity contribution in [2.75, 3.05) is 44.3 Å². The lowest BCUT2D eigenvalue weighted by atomic mass is 10.1. The molecule has 2 aromatic carbocycles. The maximum absolute atomic E-state index is 12.3. The zero-order chi connectivity index (χ0) is 17.2. The van der Waals surface area contributed by atoms with Crippen molar-refractivity contribution in [2.45, 2.75) is 0 Å². The molecule has 6 nitrogen and oxygen atoms in total. The molecular weight excluding hydrogens is 326 g/mol. The number of carbonyl (C=O) groups is 1. The number of hydrogen-bond donors (Lipinski definition) is 1. The van der Waals surface area contributed by atoms with E-state index in [9.17, 15) is 13.2 Å². The molecule has 1 aliphatic heterocycles. The summed E-state index contributed by atoms with van der Waals surface area (Å²) in [6.45, 7) is 2.26. The van der Waals surface area contributed by atoms with Crippen LogP contribution in [0.25, 0.3) is 10.8 Å². The monoisotopic (exact) mass is 347 g/mol. The number of piperazine rings is 1. The van der Waals surface area contributed by atoms with Crippen LogP contribution >= 0.6 is 0 Å². The van der Waals surface area contributed by atoms with E-state index in [1.165, 1.54) is 10.6 Å². The van der Waals surface area contributed by atoms with Gasteiger partial charge < -0.3 is 5.32 Å². The van der Waals surface area contributed by atoms with E-state index in [1.807, 2.05) is 47.4 Å². The molecule has 1 heterocycles. The van der Waals surface area contributed by atoms with Crippen LogP contribution in [-0.4, -0.2) is 62.5 Å². The second-order valence-corrected chi connectivity index (χ2v) is 8.00. The fourth-order valence-electron chi connectivity index (χ4n) is 2.95. The Morgan fingerprint density at radius 3 is 2.42 bits per heavy atom. The molecule has 2 aromatic rings. The van der Waals surface area contributed by atoms with Gasteiger partial charge in [0, 0.05) is 37.3 Å². The van der Waals surface area contributed by atoms with Gasteiger partial charge in [0.25, 0.3) is 0 Å². The van der Waals surface area contributed by atoms with Crippen LogP contribution in [0.1, 0.15) is 0 Å². The third-order valence-electron chi connectivity index (χ3n) is 4.23. The molecule has 1 saturated heterocycles. The fourth-order valence-corrected chi connectivity index (χ4v) is 3.77. The Kier molecular flexibility index (Phi) is 4.84. The summed E-state index contributed by atoms with van der Waals surface area (Å²) in [6, 6.07) is 13.7. The second-order valence-electron chi connectivity index (χ2n) is 6.01. The molecule has 24 heavy (non-hydrogen) atoms. The molecule has 0 spiro atoms. The fraction of sp³-hybridized carbons (Fsp3) is 0.353. The summed E-state index contributed by atoms with van der Waals surface area (Å²) < 4.78 is 24.5. The Balaban J connectivity index is 1.60. The number of fused-ring (bicyclic) bond motifs is 1. The van der Waals surface area contributed by atoms with Gasteiger partial charge in [0.2, 0.25) is 15.9 Å². The molecule has 0 atom stereocenters. The Bertz CT molecular complexity index is 838. The molecule has 128 valence electrons. The molecule has 0 bridgehead atoms.